The third-order valence-corrected chi connectivity index (χ3v) is 4.05. The number of nitrogens with zero attached hydrogens (tertiary/aromatic N) is 1. The summed E-state index contributed by atoms with van der Waals surface area (Å²) in [5.41, 5.74) is 0. The summed E-state index contributed by atoms with van der Waals surface area (Å²) < 4.78 is 25.7. The lowest BCUT2D eigenvalue weighted by atomic mass is 10.1. The highest BCUT2D eigenvalue weighted by Gasteiger charge is 2.21. The maximum Gasteiger partial charge on any atom is 0.232 e. The van der Waals surface area contributed by atoms with Crippen molar-refractivity contribution in [2.45, 2.75) is 23.8 Å². The van der Waals surface area contributed by atoms with Gasteiger partial charge in [-0.1, -0.05) is 0 Å². The molecule has 1 aliphatic rings. The number of likely N-dealkylation sites (tertiary alicyclic amines) is 1. The number of rotatable bonds is 3. The van der Waals surface area contributed by atoms with Crippen LogP contribution in [0.25, 0.3) is 0 Å². The summed E-state index contributed by atoms with van der Waals surface area (Å²) in [5, 5.41) is 9.35. The van der Waals surface area contributed by atoms with Crippen LogP contribution >= 0.6 is 11.8 Å². The standard InChI is InChI=1S/C13H15F2NO2S/c14-11-2-1-10(7-12(11)15)19-8-13(18)16-5-3-9(17)4-6-16/h1-2,7,9,17H,3-6,8H2. The number of hydrogen-bond acceptors (Lipinski definition) is 3. The van der Waals surface area contributed by atoms with Gasteiger partial charge in [0.1, 0.15) is 0 Å². The second-order valence-electron chi connectivity index (χ2n) is 4.48. The number of piperidine rings is 1. The number of halogens is 2. The van der Waals surface area contributed by atoms with Crippen LogP contribution in [0.3, 0.4) is 0 Å². The van der Waals surface area contributed by atoms with Crippen molar-refractivity contribution < 1.29 is 18.7 Å². The number of carbonyl (C=O) groups is 1. The summed E-state index contributed by atoms with van der Waals surface area (Å²) in [5.74, 6) is -1.64. The molecule has 0 unspecified atom stereocenters. The van der Waals surface area contributed by atoms with Crippen LogP contribution in [-0.4, -0.2) is 40.9 Å². The van der Waals surface area contributed by atoms with Gasteiger partial charge in [-0.05, 0) is 31.0 Å². The lowest BCUT2D eigenvalue weighted by molar-refractivity contribution is -0.130. The SMILES string of the molecule is O=C(CSc1ccc(F)c(F)c1)N1CCC(O)CC1. The van der Waals surface area contributed by atoms with E-state index in [1.165, 1.54) is 17.8 Å². The molecule has 3 nitrogen and oxygen atoms in total. The Bertz CT molecular complexity index is 462. The number of thioether (sulfide) groups is 1. The molecule has 0 spiro atoms. The molecule has 1 aromatic rings. The fraction of sp³-hybridized carbons (Fsp3) is 0.462. The van der Waals surface area contributed by atoms with Crippen molar-refractivity contribution in [2.75, 3.05) is 18.8 Å². The summed E-state index contributed by atoms with van der Waals surface area (Å²) in [7, 11) is 0. The highest BCUT2D eigenvalue weighted by atomic mass is 32.2. The molecule has 0 atom stereocenters. The minimum absolute atomic E-state index is 0.0402. The lowest BCUT2D eigenvalue weighted by Gasteiger charge is -2.29. The van der Waals surface area contributed by atoms with E-state index in [0.717, 1.165) is 12.1 Å². The molecule has 0 aliphatic carbocycles. The van der Waals surface area contributed by atoms with Crippen LogP contribution < -0.4 is 0 Å². The van der Waals surface area contributed by atoms with E-state index in [1.54, 1.807) is 4.90 Å². The fourth-order valence-corrected chi connectivity index (χ4v) is 2.74. The Morgan fingerprint density at radius 1 is 1.32 bits per heavy atom. The van der Waals surface area contributed by atoms with Crippen LogP contribution in [0.15, 0.2) is 23.1 Å². The summed E-state index contributed by atoms with van der Waals surface area (Å²) in [6, 6.07) is 3.60. The summed E-state index contributed by atoms with van der Waals surface area (Å²) in [6.07, 6.45) is 0.881. The minimum atomic E-state index is -0.904. The van der Waals surface area contributed by atoms with Crippen molar-refractivity contribution in [3.63, 3.8) is 0 Å². The van der Waals surface area contributed by atoms with E-state index in [9.17, 15) is 18.7 Å². The number of amides is 1. The molecule has 1 aliphatic heterocycles. The predicted octanol–water partition coefficient (Wildman–Crippen LogP) is 2.04. The van der Waals surface area contributed by atoms with Crippen LogP contribution in [0.4, 0.5) is 8.78 Å². The van der Waals surface area contributed by atoms with Crippen molar-refractivity contribution in [3.8, 4) is 0 Å². The number of benzene rings is 1. The summed E-state index contributed by atoms with van der Waals surface area (Å²) in [6.45, 7) is 1.11. The topological polar surface area (TPSA) is 40.5 Å². The van der Waals surface area contributed by atoms with E-state index in [4.69, 9.17) is 0 Å². The molecular weight excluding hydrogens is 272 g/mol. The average Bonchev–Trinajstić information content (AvgIpc) is 2.40. The quantitative estimate of drug-likeness (QED) is 0.865. The van der Waals surface area contributed by atoms with E-state index in [2.05, 4.69) is 0 Å². The van der Waals surface area contributed by atoms with Crippen LogP contribution in [-0.2, 0) is 4.79 Å². The molecule has 1 fully saturated rings. The molecule has 2 rings (SSSR count). The maximum atomic E-state index is 13.0. The van der Waals surface area contributed by atoms with Crippen molar-refractivity contribution >= 4 is 17.7 Å². The van der Waals surface area contributed by atoms with Gasteiger partial charge >= 0.3 is 0 Å². The maximum absolute atomic E-state index is 13.0. The zero-order chi connectivity index (χ0) is 13.8. The van der Waals surface area contributed by atoms with Gasteiger partial charge in [0.15, 0.2) is 11.6 Å². The van der Waals surface area contributed by atoms with Gasteiger partial charge in [0.25, 0.3) is 0 Å². The predicted molar refractivity (Wildman–Crippen MR) is 68.9 cm³/mol. The highest BCUT2D eigenvalue weighted by Crippen LogP contribution is 2.21. The second kappa shape index (κ2) is 6.34. The average molecular weight is 287 g/mol. The molecule has 19 heavy (non-hydrogen) atoms. The number of aliphatic hydroxyl groups is 1. The minimum Gasteiger partial charge on any atom is -0.393 e. The zero-order valence-corrected chi connectivity index (χ0v) is 11.1. The van der Waals surface area contributed by atoms with E-state index < -0.39 is 11.6 Å². The van der Waals surface area contributed by atoms with Crippen LogP contribution in [0, 0.1) is 11.6 Å². The van der Waals surface area contributed by atoms with E-state index in [0.29, 0.717) is 30.8 Å². The first-order chi connectivity index (χ1) is 9.06. The van der Waals surface area contributed by atoms with E-state index in [-0.39, 0.29) is 17.8 Å². The Balaban J connectivity index is 1.84. The lowest BCUT2D eigenvalue weighted by Crippen LogP contribution is -2.40. The first-order valence-corrected chi connectivity index (χ1v) is 7.08. The van der Waals surface area contributed by atoms with Gasteiger partial charge in [-0.3, -0.25) is 4.79 Å². The summed E-state index contributed by atoms with van der Waals surface area (Å²) >= 11 is 1.19. The second-order valence-corrected chi connectivity index (χ2v) is 5.53. The molecule has 6 heteroatoms. The molecule has 0 radical (unpaired) electrons. The van der Waals surface area contributed by atoms with Crippen LogP contribution in [0.5, 0.6) is 0 Å². The molecule has 1 amide bonds. The highest BCUT2D eigenvalue weighted by molar-refractivity contribution is 8.00. The number of carbonyl (C=O) groups excluding carboxylic acids is 1. The molecule has 0 bridgehead atoms. The number of hydrogen-bond donors (Lipinski definition) is 1. The van der Waals surface area contributed by atoms with Gasteiger partial charge in [0, 0.05) is 18.0 Å². The molecule has 1 N–H and O–H groups in total. The van der Waals surface area contributed by atoms with Gasteiger partial charge in [-0.15, -0.1) is 11.8 Å². The van der Waals surface area contributed by atoms with Crippen molar-refractivity contribution in [1.29, 1.82) is 0 Å². The van der Waals surface area contributed by atoms with E-state index >= 15 is 0 Å². The Hall–Kier alpha value is -1.14. The van der Waals surface area contributed by atoms with Gasteiger partial charge in [0.05, 0.1) is 11.9 Å². The molecule has 1 heterocycles. The first kappa shape index (κ1) is 14.3. The number of aliphatic hydroxyl groups excluding tert-OH is 1. The Morgan fingerprint density at radius 3 is 2.63 bits per heavy atom. The Morgan fingerprint density at radius 2 is 2.00 bits per heavy atom. The van der Waals surface area contributed by atoms with Gasteiger partial charge in [0.2, 0.25) is 5.91 Å². The van der Waals surface area contributed by atoms with Crippen LogP contribution in [0.2, 0.25) is 0 Å². The van der Waals surface area contributed by atoms with Gasteiger partial charge in [-0.2, -0.15) is 0 Å². The largest absolute Gasteiger partial charge is 0.393 e. The molecule has 0 saturated carbocycles. The molecular formula is C13H15F2NO2S. The summed E-state index contributed by atoms with van der Waals surface area (Å²) in [4.78, 5) is 14.1. The van der Waals surface area contributed by atoms with Crippen LogP contribution in [0.1, 0.15) is 12.8 Å². The molecule has 104 valence electrons. The Labute approximate surface area is 114 Å². The molecule has 0 aromatic heterocycles. The third kappa shape index (κ3) is 3.91. The fourth-order valence-electron chi connectivity index (χ4n) is 1.92. The van der Waals surface area contributed by atoms with Gasteiger partial charge < -0.3 is 10.0 Å². The van der Waals surface area contributed by atoms with Crippen molar-refractivity contribution in [3.05, 3.63) is 29.8 Å². The van der Waals surface area contributed by atoms with Crippen molar-refractivity contribution in [1.82, 2.24) is 4.90 Å². The first-order valence-electron chi connectivity index (χ1n) is 6.10. The van der Waals surface area contributed by atoms with E-state index in [1.807, 2.05) is 0 Å². The normalized spacial score (nSPS) is 16.7. The molecule has 1 aromatic carbocycles. The smallest absolute Gasteiger partial charge is 0.232 e. The van der Waals surface area contributed by atoms with Gasteiger partial charge in [-0.25, -0.2) is 8.78 Å². The monoisotopic (exact) mass is 287 g/mol. The van der Waals surface area contributed by atoms with Crippen molar-refractivity contribution in [2.24, 2.45) is 0 Å². The molecule has 1 saturated heterocycles. The zero-order valence-electron chi connectivity index (χ0n) is 10.3. The third-order valence-electron chi connectivity index (χ3n) is 3.07. The Kier molecular flexibility index (Phi) is 4.76.